The highest BCUT2D eigenvalue weighted by Crippen LogP contribution is 2.41. The summed E-state index contributed by atoms with van der Waals surface area (Å²) in [5.74, 6) is 0. The monoisotopic (exact) mass is 280 g/mol. The molecule has 0 atom stereocenters. The molecule has 0 aliphatic carbocycles. The molecule has 2 nitrogen and oxygen atoms in total. The largest absolute Gasteiger partial charge is 0.339 e. The van der Waals surface area contributed by atoms with Crippen LogP contribution in [0.4, 0.5) is 11.4 Å². The van der Waals surface area contributed by atoms with Gasteiger partial charge in [0, 0.05) is 18.1 Å². The highest BCUT2D eigenvalue weighted by atomic mass is 35.5. The van der Waals surface area contributed by atoms with Gasteiger partial charge >= 0.3 is 0 Å². The van der Waals surface area contributed by atoms with Crippen LogP contribution in [0.5, 0.6) is 0 Å². The molecule has 3 aromatic rings. The number of halogens is 1. The maximum absolute atomic E-state index is 6.36. The van der Waals surface area contributed by atoms with Crippen molar-refractivity contribution in [1.82, 2.24) is 4.98 Å². The fraction of sp³-hybridized carbons (Fsp3) is 0.118. The lowest BCUT2D eigenvalue weighted by molar-refractivity contribution is 0.997. The second kappa shape index (κ2) is 4.50. The first-order valence-electron chi connectivity index (χ1n) is 6.73. The molecule has 0 unspecified atom stereocenters. The van der Waals surface area contributed by atoms with E-state index in [4.69, 9.17) is 11.6 Å². The molecule has 1 aromatic heterocycles. The molecule has 4 rings (SSSR count). The minimum Gasteiger partial charge on any atom is -0.339 e. The van der Waals surface area contributed by atoms with Gasteiger partial charge in [-0.25, -0.2) is 0 Å². The maximum Gasteiger partial charge on any atom is 0.0723 e. The fourth-order valence-electron chi connectivity index (χ4n) is 2.93. The van der Waals surface area contributed by atoms with E-state index in [-0.39, 0.29) is 0 Å². The van der Waals surface area contributed by atoms with Crippen molar-refractivity contribution in [1.29, 1.82) is 0 Å². The zero-order chi connectivity index (χ0) is 13.5. The van der Waals surface area contributed by atoms with Gasteiger partial charge in [0.25, 0.3) is 0 Å². The molecule has 1 aliphatic rings. The van der Waals surface area contributed by atoms with Crippen LogP contribution in [0.3, 0.4) is 0 Å². The van der Waals surface area contributed by atoms with Gasteiger partial charge in [0.15, 0.2) is 0 Å². The van der Waals surface area contributed by atoms with Crippen molar-refractivity contribution in [3.05, 3.63) is 65.3 Å². The molecular formula is C17H13ClN2. The molecule has 2 heterocycles. The Hall–Kier alpha value is -2.06. The van der Waals surface area contributed by atoms with Crippen molar-refractivity contribution in [3.63, 3.8) is 0 Å². The zero-order valence-electron chi connectivity index (χ0n) is 10.9. The van der Waals surface area contributed by atoms with Crippen LogP contribution in [0.1, 0.15) is 5.56 Å². The van der Waals surface area contributed by atoms with Crippen LogP contribution < -0.4 is 4.90 Å². The summed E-state index contributed by atoms with van der Waals surface area (Å²) < 4.78 is 0. The predicted molar refractivity (Wildman–Crippen MR) is 83.9 cm³/mol. The van der Waals surface area contributed by atoms with Crippen molar-refractivity contribution in [2.75, 3.05) is 11.4 Å². The lowest BCUT2D eigenvalue weighted by Crippen LogP contribution is -2.13. The second-order valence-corrected chi connectivity index (χ2v) is 5.41. The third-order valence-electron chi connectivity index (χ3n) is 3.84. The summed E-state index contributed by atoms with van der Waals surface area (Å²) in [5, 5.41) is 1.99. The fourth-order valence-corrected chi connectivity index (χ4v) is 3.16. The molecule has 0 saturated heterocycles. The molecule has 3 heteroatoms. The number of aromatic nitrogens is 1. The molecule has 2 aromatic carbocycles. The van der Waals surface area contributed by atoms with Gasteiger partial charge in [0.1, 0.15) is 0 Å². The summed E-state index contributed by atoms with van der Waals surface area (Å²) in [6, 6.07) is 16.3. The van der Waals surface area contributed by atoms with Crippen molar-refractivity contribution < 1.29 is 0 Å². The van der Waals surface area contributed by atoms with Gasteiger partial charge in [-0.2, -0.15) is 0 Å². The van der Waals surface area contributed by atoms with Crippen LogP contribution in [0.15, 0.2) is 54.7 Å². The minimum absolute atomic E-state index is 0.793. The van der Waals surface area contributed by atoms with Crippen LogP contribution in [0, 0.1) is 0 Å². The Kier molecular flexibility index (Phi) is 2.64. The van der Waals surface area contributed by atoms with E-state index in [9.17, 15) is 0 Å². The quantitative estimate of drug-likeness (QED) is 0.648. The Bertz CT molecular complexity index is 798. The Morgan fingerprint density at radius 3 is 2.70 bits per heavy atom. The van der Waals surface area contributed by atoms with E-state index in [2.05, 4.69) is 34.1 Å². The third-order valence-corrected chi connectivity index (χ3v) is 4.16. The Morgan fingerprint density at radius 2 is 1.80 bits per heavy atom. The van der Waals surface area contributed by atoms with Gasteiger partial charge in [0.05, 0.1) is 21.9 Å². The SMILES string of the molecule is Clc1ccccc1N1CCc2cnc3ccccc3c21. The van der Waals surface area contributed by atoms with Crippen molar-refractivity contribution in [3.8, 4) is 0 Å². The lowest BCUT2D eigenvalue weighted by atomic mass is 10.1. The topological polar surface area (TPSA) is 16.1 Å². The van der Waals surface area contributed by atoms with Crippen molar-refractivity contribution in [2.24, 2.45) is 0 Å². The Morgan fingerprint density at radius 1 is 1.00 bits per heavy atom. The number of rotatable bonds is 1. The van der Waals surface area contributed by atoms with Crippen LogP contribution in [-0.2, 0) is 6.42 Å². The van der Waals surface area contributed by atoms with Gasteiger partial charge < -0.3 is 4.90 Å². The smallest absolute Gasteiger partial charge is 0.0723 e. The summed E-state index contributed by atoms with van der Waals surface area (Å²) in [4.78, 5) is 6.85. The number of fused-ring (bicyclic) bond motifs is 3. The van der Waals surface area contributed by atoms with Gasteiger partial charge in [-0.3, -0.25) is 4.98 Å². The first kappa shape index (κ1) is 11.7. The maximum atomic E-state index is 6.36. The number of nitrogens with zero attached hydrogens (tertiary/aromatic N) is 2. The Labute approximate surface area is 122 Å². The van der Waals surface area contributed by atoms with Crippen LogP contribution in [0.25, 0.3) is 10.9 Å². The second-order valence-electron chi connectivity index (χ2n) is 5.00. The van der Waals surface area contributed by atoms with E-state index in [1.165, 1.54) is 16.6 Å². The number of benzene rings is 2. The standard InChI is InChI=1S/C17H13ClN2/c18-14-6-2-4-8-16(14)20-10-9-12-11-19-15-7-3-1-5-13(15)17(12)20/h1-8,11H,9-10H2. The average Bonchev–Trinajstić information content (AvgIpc) is 2.92. The molecule has 0 amide bonds. The van der Waals surface area contributed by atoms with E-state index < -0.39 is 0 Å². The molecule has 0 bridgehead atoms. The summed E-state index contributed by atoms with van der Waals surface area (Å²) in [6.07, 6.45) is 3.01. The number of pyridine rings is 1. The van der Waals surface area contributed by atoms with E-state index >= 15 is 0 Å². The van der Waals surface area contributed by atoms with Crippen LogP contribution in [-0.4, -0.2) is 11.5 Å². The van der Waals surface area contributed by atoms with Crippen molar-refractivity contribution >= 4 is 33.9 Å². The highest BCUT2D eigenvalue weighted by Gasteiger charge is 2.24. The average molecular weight is 281 g/mol. The van der Waals surface area contributed by atoms with E-state index in [1.807, 2.05) is 30.5 Å². The van der Waals surface area contributed by atoms with E-state index in [0.29, 0.717) is 0 Å². The zero-order valence-corrected chi connectivity index (χ0v) is 11.6. The first-order chi connectivity index (χ1) is 9.84. The normalized spacial score (nSPS) is 13.8. The Balaban J connectivity index is 1.97. The van der Waals surface area contributed by atoms with Crippen molar-refractivity contribution in [2.45, 2.75) is 6.42 Å². The lowest BCUT2D eigenvalue weighted by Gasteiger charge is -2.22. The molecule has 20 heavy (non-hydrogen) atoms. The predicted octanol–water partition coefficient (Wildman–Crippen LogP) is 4.58. The van der Waals surface area contributed by atoms with Crippen LogP contribution in [0.2, 0.25) is 5.02 Å². The summed E-state index contributed by atoms with van der Waals surface area (Å²) >= 11 is 6.36. The molecule has 0 N–H and O–H groups in total. The van der Waals surface area contributed by atoms with Gasteiger partial charge in [-0.15, -0.1) is 0 Å². The molecule has 1 aliphatic heterocycles. The number of hydrogen-bond acceptors (Lipinski definition) is 2. The van der Waals surface area contributed by atoms with Gasteiger partial charge in [0.2, 0.25) is 0 Å². The minimum atomic E-state index is 0.793. The number of anilines is 2. The molecule has 0 radical (unpaired) electrons. The van der Waals surface area contributed by atoms with Gasteiger partial charge in [-0.1, -0.05) is 41.9 Å². The third kappa shape index (κ3) is 1.69. The van der Waals surface area contributed by atoms with Gasteiger partial charge in [-0.05, 0) is 30.2 Å². The molecule has 0 saturated carbocycles. The molecule has 98 valence electrons. The molecular weight excluding hydrogens is 268 g/mol. The summed E-state index contributed by atoms with van der Waals surface area (Å²) in [5.41, 5.74) is 4.65. The summed E-state index contributed by atoms with van der Waals surface area (Å²) in [6.45, 7) is 0.953. The summed E-state index contributed by atoms with van der Waals surface area (Å²) in [7, 11) is 0. The first-order valence-corrected chi connectivity index (χ1v) is 7.11. The number of hydrogen-bond donors (Lipinski definition) is 0. The van der Waals surface area contributed by atoms with E-state index in [0.717, 1.165) is 29.2 Å². The van der Waals surface area contributed by atoms with Crippen LogP contribution >= 0.6 is 11.6 Å². The van der Waals surface area contributed by atoms with E-state index in [1.54, 1.807) is 0 Å². The number of para-hydroxylation sites is 2. The highest BCUT2D eigenvalue weighted by molar-refractivity contribution is 6.33. The molecule has 0 spiro atoms. The molecule has 0 fully saturated rings.